The first-order valence-electron chi connectivity index (χ1n) is 8.04. The van der Waals surface area contributed by atoms with Gasteiger partial charge in [-0.3, -0.25) is 4.79 Å². The minimum Gasteiger partial charge on any atom is -0.351 e. The Bertz CT molecular complexity index is 907. The summed E-state index contributed by atoms with van der Waals surface area (Å²) >= 11 is 1.23. The van der Waals surface area contributed by atoms with Gasteiger partial charge < -0.3 is 5.32 Å². The first-order chi connectivity index (χ1) is 12.6. The Balaban J connectivity index is 1.63. The average molecular weight is 371 g/mol. The number of hydrogen-bond acceptors (Lipinski definition) is 5. The molecule has 0 spiro atoms. The van der Waals surface area contributed by atoms with Crippen molar-refractivity contribution < 1.29 is 9.18 Å². The van der Waals surface area contributed by atoms with Gasteiger partial charge in [0.1, 0.15) is 5.82 Å². The number of nitrogens with zero attached hydrogens (tertiary/aromatic N) is 4. The summed E-state index contributed by atoms with van der Waals surface area (Å²) in [7, 11) is 0. The van der Waals surface area contributed by atoms with Gasteiger partial charge in [-0.25, -0.2) is 4.39 Å². The van der Waals surface area contributed by atoms with Crippen LogP contribution in [0.25, 0.3) is 5.69 Å². The van der Waals surface area contributed by atoms with Gasteiger partial charge in [0.15, 0.2) is 0 Å². The molecule has 1 amide bonds. The highest BCUT2D eigenvalue weighted by atomic mass is 32.2. The lowest BCUT2D eigenvalue weighted by Crippen LogP contribution is -2.25. The molecule has 6 nitrogen and oxygen atoms in total. The molecule has 0 radical (unpaired) electrons. The van der Waals surface area contributed by atoms with Gasteiger partial charge >= 0.3 is 0 Å². The lowest BCUT2D eigenvalue weighted by Gasteiger charge is -2.10. The molecule has 134 valence electrons. The SMILES string of the molecule is Cc1cccc(C)c1-n1nnnc1SCC(=O)NCc1ccccc1F. The van der Waals surface area contributed by atoms with E-state index in [1.54, 1.807) is 22.9 Å². The number of tetrazole rings is 1. The smallest absolute Gasteiger partial charge is 0.230 e. The zero-order chi connectivity index (χ0) is 18.5. The van der Waals surface area contributed by atoms with Crippen molar-refractivity contribution in [3.63, 3.8) is 0 Å². The number of carbonyl (C=O) groups excluding carboxylic acids is 1. The lowest BCUT2D eigenvalue weighted by atomic mass is 10.1. The van der Waals surface area contributed by atoms with Crippen LogP contribution in [0.1, 0.15) is 16.7 Å². The van der Waals surface area contributed by atoms with Gasteiger partial charge in [-0.1, -0.05) is 48.2 Å². The molecule has 0 atom stereocenters. The first-order valence-corrected chi connectivity index (χ1v) is 9.02. The number of thioether (sulfide) groups is 1. The van der Waals surface area contributed by atoms with E-state index in [1.165, 1.54) is 17.8 Å². The van der Waals surface area contributed by atoms with Crippen molar-refractivity contribution in [2.24, 2.45) is 0 Å². The molecule has 26 heavy (non-hydrogen) atoms. The zero-order valence-corrected chi connectivity index (χ0v) is 15.3. The normalized spacial score (nSPS) is 10.7. The van der Waals surface area contributed by atoms with Crippen LogP contribution in [0.5, 0.6) is 0 Å². The molecule has 0 saturated carbocycles. The maximum Gasteiger partial charge on any atom is 0.230 e. The van der Waals surface area contributed by atoms with Crippen molar-refractivity contribution >= 4 is 17.7 Å². The quantitative estimate of drug-likeness (QED) is 0.675. The van der Waals surface area contributed by atoms with Crippen molar-refractivity contribution in [3.05, 3.63) is 65.0 Å². The van der Waals surface area contributed by atoms with Crippen molar-refractivity contribution in [2.75, 3.05) is 5.75 Å². The van der Waals surface area contributed by atoms with E-state index < -0.39 is 0 Å². The third-order valence-corrected chi connectivity index (χ3v) is 4.78. The number of nitrogens with one attached hydrogen (secondary N) is 1. The third-order valence-electron chi connectivity index (χ3n) is 3.86. The molecular formula is C18H18FN5OS. The van der Waals surface area contributed by atoms with Gasteiger partial charge in [0, 0.05) is 12.1 Å². The number of rotatable bonds is 6. The monoisotopic (exact) mass is 371 g/mol. The molecule has 1 aromatic heterocycles. The maximum atomic E-state index is 13.6. The topological polar surface area (TPSA) is 72.7 Å². The lowest BCUT2D eigenvalue weighted by molar-refractivity contribution is -0.118. The molecule has 1 heterocycles. The summed E-state index contributed by atoms with van der Waals surface area (Å²) in [6.07, 6.45) is 0. The fraction of sp³-hybridized carbons (Fsp3) is 0.222. The Labute approximate surface area is 154 Å². The van der Waals surface area contributed by atoms with Gasteiger partial charge in [-0.05, 0) is 41.5 Å². The van der Waals surface area contributed by atoms with Crippen molar-refractivity contribution in [3.8, 4) is 5.69 Å². The molecule has 8 heteroatoms. The van der Waals surface area contributed by atoms with Crippen LogP contribution in [0.3, 0.4) is 0 Å². The summed E-state index contributed by atoms with van der Waals surface area (Å²) in [5, 5.41) is 15.0. The molecule has 0 aliphatic heterocycles. The standard InChI is InChI=1S/C18H18FN5OS/c1-12-6-5-7-13(2)17(12)24-18(21-22-23-24)26-11-16(25)20-10-14-8-3-4-9-15(14)19/h3-9H,10-11H2,1-2H3,(H,20,25). The number of para-hydroxylation sites is 1. The van der Waals surface area contributed by atoms with Crippen LogP contribution < -0.4 is 5.32 Å². The van der Waals surface area contributed by atoms with Crippen LogP contribution in [0, 0.1) is 19.7 Å². The van der Waals surface area contributed by atoms with E-state index in [-0.39, 0.29) is 24.0 Å². The summed E-state index contributed by atoms with van der Waals surface area (Å²) in [4.78, 5) is 12.1. The van der Waals surface area contributed by atoms with Crippen LogP contribution in [0.4, 0.5) is 4.39 Å². The molecule has 0 aliphatic carbocycles. The van der Waals surface area contributed by atoms with Crippen molar-refractivity contribution in [1.82, 2.24) is 25.5 Å². The second-order valence-corrected chi connectivity index (χ2v) is 6.71. The van der Waals surface area contributed by atoms with E-state index in [2.05, 4.69) is 20.8 Å². The summed E-state index contributed by atoms with van der Waals surface area (Å²) < 4.78 is 15.2. The minimum absolute atomic E-state index is 0.139. The van der Waals surface area contributed by atoms with Crippen LogP contribution in [-0.4, -0.2) is 31.9 Å². The average Bonchev–Trinajstić information content (AvgIpc) is 3.07. The molecule has 0 aliphatic rings. The Morgan fingerprint density at radius 2 is 1.88 bits per heavy atom. The highest BCUT2D eigenvalue weighted by Gasteiger charge is 2.15. The van der Waals surface area contributed by atoms with Gasteiger partial charge in [0.25, 0.3) is 0 Å². The number of aryl methyl sites for hydroxylation is 2. The van der Waals surface area contributed by atoms with Crippen LogP contribution in [-0.2, 0) is 11.3 Å². The van der Waals surface area contributed by atoms with E-state index in [0.717, 1.165) is 16.8 Å². The molecule has 0 unspecified atom stereocenters. The number of carbonyl (C=O) groups is 1. The highest BCUT2D eigenvalue weighted by molar-refractivity contribution is 7.99. The Morgan fingerprint density at radius 1 is 1.15 bits per heavy atom. The number of halogens is 1. The van der Waals surface area contributed by atoms with E-state index >= 15 is 0 Å². The minimum atomic E-state index is -0.334. The van der Waals surface area contributed by atoms with Crippen LogP contribution in [0.15, 0.2) is 47.6 Å². The van der Waals surface area contributed by atoms with Gasteiger partial charge in [0.05, 0.1) is 11.4 Å². The van der Waals surface area contributed by atoms with E-state index in [4.69, 9.17) is 0 Å². The molecule has 0 bridgehead atoms. The Kier molecular flexibility index (Phi) is 5.62. The van der Waals surface area contributed by atoms with Crippen molar-refractivity contribution in [2.45, 2.75) is 25.5 Å². The second kappa shape index (κ2) is 8.09. The summed E-state index contributed by atoms with van der Waals surface area (Å²) in [5.74, 6) is -0.409. The Morgan fingerprint density at radius 3 is 2.62 bits per heavy atom. The fourth-order valence-electron chi connectivity index (χ4n) is 2.57. The summed E-state index contributed by atoms with van der Waals surface area (Å²) in [6, 6.07) is 12.3. The summed E-state index contributed by atoms with van der Waals surface area (Å²) in [5.41, 5.74) is 3.45. The first kappa shape index (κ1) is 18.1. The number of aromatic nitrogens is 4. The predicted molar refractivity (Wildman–Crippen MR) is 97.6 cm³/mol. The summed E-state index contributed by atoms with van der Waals surface area (Å²) in [6.45, 7) is 4.12. The molecular weight excluding hydrogens is 353 g/mol. The van der Waals surface area contributed by atoms with Crippen LogP contribution in [0.2, 0.25) is 0 Å². The van der Waals surface area contributed by atoms with Gasteiger partial charge in [-0.2, -0.15) is 4.68 Å². The zero-order valence-electron chi connectivity index (χ0n) is 14.4. The number of benzene rings is 2. The van der Waals surface area contributed by atoms with Gasteiger partial charge in [0.2, 0.25) is 11.1 Å². The van der Waals surface area contributed by atoms with Crippen LogP contribution >= 0.6 is 11.8 Å². The molecule has 3 aromatic rings. The molecule has 0 saturated heterocycles. The van der Waals surface area contributed by atoms with E-state index in [9.17, 15) is 9.18 Å². The van der Waals surface area contributed by atoms with E-state index in [0.29, 0.717) is 10.7 Å². The molecule has 2 aromatic carbocycles. The molecule has 0 fully saturated rings. The molecule has 1 N–H and O–H groups in total. The largest absolute Gasteiger partial charge is 0.351 e. The third kappa shape index (κ3) is 4.08. The highest BCUT2D eigenvalue weighted by Crippen LogP contribution is 2.23. The number of hydrogen-bond donors (Lipinski definition) is 1. The van der Waals surface area contributed by atoms with E-state index in [1.807, 2.05) is 32.0 Å². The fourth-order valence-corrected chi connectivity index (χ4v) is 3.27. The van der Waals surface area contributed by atoms with Crippen molar-refractivity contribution in [1.29, 1.82) is 0 Å². The maximum absolute atomic E-state index is 13.6. The molecule has 3 rings (SSSR count). The number of amides is 1. The Hall–Kier alpha value is -2.74. The predicted octanol–water partition coefficient (Wildman–Crippen LogP) is 2.83. The second-order valence-electron chi connectivity index (χ2n) is 5.77. The van der Waals surface area contributed by atoms with Gasteiger partial charge in [-0.15, -0.1) is 5.10 Å².